The number of aromatic nitrogens is 4. The van der Waals surface area contributed by atoms with Crippen LogP contribution in [0.1, 0.15) is 33.0 Å². The van der Waals surface area contributed by atoms with Crippen LogP contribution in [0.5, 0.6) is 0 Å². The summed E-state index contributed by atoms with van der Waals surface area (Å²) in [5.74, 6) is 0.342. The SMILES string of the molecule is Cc1nc(SC2CC(C)OC2=O)c2c(=O)n(C)c(=O)n(CC(C)C)c2n1. The van der Waals surface area contributed by atoms with Gasteiger partial charge in [0, 0.05) is 20.0 Å². The molecular weight excluding hydrogens is 356 g/mol. The van der Waals surface area contributed by atoms with Gasteiger partial charge in [0.05, 0.1) is 0 Å². The lowest BCUT2D eigenvalue weighted by molar-refractivity contribution is -0.140. The van der Waals surface area contributed by atoms with Crippen LogP contribution in [0.25, 0.3) is 11.0 Å². The molecule has 8 nitrogen and oxygen atoms in total. The van der Waals surface area contributed by atoms with Crippen LogP contribution in [0.4, 0.5) is 0 Å². The molecule has 140 valence electrons. The number of carbonyl (C=O) groups excluding carboxylic acids is 1. The fourth-order valence-electron chi connectivity index (χ4n) is 3.01. The maximum Gasteiger partial charge on any atom is 0.332 e. The molecule has 0 spiro atoms. The molecule has 1 aliphatic heterocycles. The zero-order valence-corrected chi connectivity index (χ0v) is 16.3. The van der Waals surface area contributed by atoms with E-state index in [2.05, 4.69) is 9.97 Å². The Morgan fingerprint density at radius 3 is 2.54 bits per heavy atom. The fraction of sp³-hybridized carbons (Fsp3) is 0.588. The first-order valence-electron chi connectivity index (χ1n) is 8.54. The molecule has 0 radical (unpaired) electrons. The number of carbonyl (C=O) groups is 1. The van der Waals surface area contributed by atoms with Crippen molar-refractivity contribution in [3.05, 3.63) is 26.7 Å². The van der Waals surface area contributed by atoms with Crippen LogP contribution in [0, 0.1) is 12.8 Å². The van der Waals surface area contributed by atoms with Gasteiger partial charge in [-0.3, -0.25) is 18.7 Å². The summed E-state index contributed by atoms with van der Waals surface area (Å²) in [5, 5.41) is 0.273. The first kappa shape index (κ1) is 18.6. The Labute approximate surface area is 154 Å². The third-order valence-electron chi connectivity index (χ3n) is 4.19. The topological polar surface area (TPSA) is 96.1 Å². The third-order valence-corrected chi connectivity index (χ3v) is 5.38. The molecule has 0 amide bonds. The largest absolute Gasteiger partial charge is 0.462 e. The zero-order chi connectivity index (χ0) is 19.2. The minimum absolute atomic E-state index is 0.156. The quantitative estimate of drug-likeness (QED) is 0.583. The third kappa shape index (κ3) is 3.27. The number of rotatable bonds is 4. The summed E-state index contributed by atoms with van der Waals surface area (Å²) in [6.45, 7) is 7.96. The van der Waals surface area contributed by atoms with Gasteiger partial charge in [-0.1, -0.05) is 25.6 Å². The van der Waals surface area contributed by atoms with Crippen molar-refractivity contribution in [2.45, 2.75) is 57.0 Å². The molecular formula is C17H22N4O4S. The van der Waals surface area contributed by atoms with Crippen LogP contribution in [0.15, 0.2) is 14.6 Å². The summed E-state index contributed by atoms with van der Waals surface area (Å²) < 4.78 is 7.78. The number of aryl methyl sites for hydroxylation is 1. The predicted molar refractivity (Wildman–Crippen MR) is 98.4 cm³/mol. The van der Waals surface area contributed by atoms with Gasteiger partial charge in [0.2, 0.25) is 0 Å². The van der Waals surface area contributed by atoms with Crippen LogP contribution in [0.2, 0.25) is 0 Å². The second-order valence-electron chi connectivity index (χ2n) is 7.02. The molecule has 1 aliphatic rings. The summed E-state index contributed by atoms with van der Waals surface area (Å²) in [6, 6.07) is 0. The Morgan fingerprint density at radius 1 is 1.27 bits per heavy atom. The van der Waals surface area contributed by atoms with Crippen molar-refractivity contribution in [1.82, 2.24) is 19.1 Å². The molecule has 2 aromatic heterocycles. The predicted octanol–water partition coefficient (Wildman–Crippen LogP) is 1.25. The van der Waals surface area contributed by atoms with Crippen molar-refractivity contribution in [2.24, 2.45) is 13.0 Å². The highest BCUT2D eigenvalue weighted by molar-refractivity contribution is 8.00. The van der Waals surface area contributed by atoms with Gasteiger partial charge in [0.1, 0.15) is 27.6 Å². The Kier molecular flexibility index (Phi) is 4.92. The number of fused-ring (bicyclic) bond motifs is 1. The second kappa shape index (κ2) is 6.86. The van der Waals surface area contributed by atoms with Gasteiger partial charge >= 0.3 is 11.7 Å². The van der Waals surface area contributed by atoms with Gasteiger partial charge < -0.3 is 4.74 Å². The Balaban J connectivity index is 2.24. The first-order chi connectivity index (χ1) is 12.2. The van der Waals surface area contributed by atoms with Crippen LogP contribution in [0.3, 0.4) is 0 Å². The monoisotopic (exact) mass is 378 g/mol. The normalized spacial score (nSPS) is 20.2. The molecule has 9 heteroatoms. The lowest BCUT2D eigenvalue weighted by Crippen LogP contribution is -2.39. The van der Waals surface area contributed by atoms with Crippen LogP contribution in [-0.4, -0.2) is 36.4 Å². The minimum Gasteiger partial charge on any atom is -0.462 e. The highest BCUT2D eigenvalue weighted by Gasteiger charge is 2.34. The lowest BCUT2D eigenvalue weighted by atomic mass is 10.2. The van der Waals surface area contributed by atoms with Gasteiger partial charge in [0.15, 0.2) is 5.65 Å². The van der Waals surface area contributed by atoms with Crippen LogP contribution in [-0.2, 0) is 23.1 Å². The Morgan fingerprint density at radius 2 is 1.96 bits per heavy atom. The van der Waals surface area contributed by atoms with E-state index in [4.69, 9.17) is 4.74 Å². The van der Waals surface area contributed by atoms with Gasteiger partial charge in [0.25, 0.3) is 5.56 Å². The smallest absolute Gasteiger partial charge is 0.332 e. The van der Waals surface area contributed by atoms with E-state index in [9.17, 15) is 14.4 Å². The molecule has 1 saturated heterocycles. The number of hydrogen-bond acceptors (Lipinski definition) is 7. The number of cyclic esters (lactones) is 1. The average Bonchev–Trinajstić information content (AvgIpc) is 2.86. The molecule has 3 rings (SSSR count). The van der Waals surface area contributed by atoms with Gasteiger partial charge in [-0.05, 0) is 19.8 Å². The van der Waals surface area contributed by atoms with Gasteiger partial charge in [-0.25, -0.2) is 14.8 Å². The van der Waals surface area contributed by atoms with Crippen LogP contribution < -0.4 is 11.2 Å². The summed E-state index contributed by atoms with van der Waals surface area (Å²) in [6.07, 6.45) is 0.399. The molecule has 0 saturated carbocycles. The van der Waals surface area contributed by atoms with E-state index in [1.54, 1.807) is 6.92 Å². The first-order valence-corrected chi connectivity index (χ1v) is 9.42. The highest BCUT2D eigenvalue weighted by atomic mass is 32.2. The maximum atomic E-state index is 12.8. The minimum atomic E-state index is -0.452. The van der Waals surface area contributed by atoms with E-state index in [0.717, 1.165) is 4.57 Å². The van der Waals surface area contributed by atoms with Crippen LogP contribution >= 0.6 is 11.8 Å². The molecule has 2 unspecified atom stereocenters. The number of ether oxygens (including phenoxy) is 1. The molecule has 0 N–H and O–H groups in total. The molecule has 2 aromatic rings. The van der Waals surface area contributed by atoms with Gasteiger partial charge in [-0.15, -0.1) is 0 Å². The lowest BCUT2D eigenvalue weighted by Gasteiger charge is -2.15. The van der Waals surface area contributed by atoms with Crippen molar-refractivity contribution in [1.29, 1.82) is 0 Å². The number of thioether (sulfide) groups is 1. The fourth-order valence-corrected chi connectivity index (χ4v) is 4.28. The molecule has 2 atom stereocenters. The van der Waals surface area contributed by atoms with E-state index < -0.39 is 16.5 Å². The zero-order valence-electron chi connectivity index (χ0n) is 15.5. The molecule has 1 fully saturated rings. The summed E-state index contributed by atoms with van der Waals surface area (Å²) >= 11 is 1.21. The summed E-state index contributed by atoms with van der Waals surface area (Å²) in [5.41, 5.74) is -0.535. The molecule has 0 bridgehead atoms. The van der Waals surface area contributed by atoms with Crippen molar-refractivity contribution >= 4 is 28.8 Å². The molecule has 0 aliphatic carbocycles. The number of nitrogens with zero attached hydrogens (tertiary/aromatic N) is 4. The number of hydrogen-bond donors (Lipinski definition) is 0. The van der Waals surface area contributed by atoms with E-state index >= 15 is 0 Å². The molecule has 26 heavy (non-hydrogen) atoms. The van der Waals surface area contributed by atoms with Crippen molar-refractivity contribution in [2.75, 3.05) is 0 Å². The highest BCUT2D eigenvalue weighted by Crippen LogP contribution is 2.33. The van der Waals surface area contributed by atoms with E-state index in [1.807, 2.05) is 20.8 Å². The van der Waals surface area contributed by atoms with E-state index in [-0.39, 0.29) is 23.4 Å². The Hall–Kier alpha value is -2.16. The summed E-state index contributed by atoms with van der Waals surface area (Å²) in [7, 11) is 1.45. The van der Waals surface area contributed by atoms with E-state index in [0.29, 0.717) is 29.5 Å². The van der Waals surface area contributed by atoms with Crippen molar-refractivity contribution in [3.63, 3.8) is 0 Å². The van der Waals surface area contributed by atoms with Crippen molar-refractivity contribution in [3.8, 4) is 0 Å². The standard InChI is InChI=1S/C17H22N4O4S/c1-8(2)7-21-13-12(15(22)20(5)17(21)24)14(19-10(4)18-13)26-11-6-9(3)25-16(11)23/h8-9,11H,6-7H2,1-5H3. The average molecular weight is 378 g/mol. The summed E-state index contributed by atoms with van der Waals surface area (Å²) in [4.78, 5) is 46.1. The second-order valence-corrected chi connectivity index (χ2v) is 8.21. The maximum absolute atomic E-state index is 12.8. The van der Waals surface area contributed by atoms with E-state index in [1.165, 1.54) is 23.4 Å². The Bertz CT molecular complexity index is 995. The number of esters is 1. The molecule has 0 aromatic carbocycles. The van der Waals surface area contributed by atoms with Gasteiger partial charge in [-0.2, -0.15) is 0 Å². The molecule has 3 heterocycles. The van der Waals surface area contributed by atoms with Crippen molar-refractivity contribution < 1.29 is 9.53 Å².